The standard InChI is InChI=1S/C22H16Cl2N2O4S2/c23-19-11-18(20(24)31-19)32(29,30)26-10-9-13-5-1-2-6-14(13)17(26)12-25-21(27)15-7-3-4-8-16(15)22(25)28/h1-8,11,17H,9-10,12H2/t17-/m0/s1. The van der Waals surface area contributed by atoms with Crippen molar-refractivity contribution in [3.8, 4) is 0 Å². The summed E-state index contributed by atoms with van der Waals surface area (Å²) in [5.41, 5.74) is 2.39. The Balaban J connectivity index is 1.58. The molecule has 6 nitrogen and oxygen atoms in total. The van der Waals surface area contributed by atoms with E-state index in [0.717, 1.165) is 27.4 Å². The van der Waals surface area contributed by atoms with Gasteiger partial charge in [-0.15, -0.1) is 11.3 Å². The highest BCUT2D eigenvalue weighted by Crippen LogP contribution is 2.41. The Kier molecular flexibility index (Phi) is 5.38. The fourth-order valence-electron chi connectivity index (χ4n) is 4.31. The van der Waals surface area contributed by atoms with Gasteiger partial charge in [0.2, 0.25) is 10.0 Å². The van der Waals surface area contributed by atoms with Gasteiger partial charge in [0.25, 0.3) is 11.8 Å². The predicted molar refractivity (Wildman–Crippen MR) is 123 cm³/mol. The van der Waals surface area contributed by atoms with Crippen LogP contribution in [-0.4, -0.2) is 42.5 Å². The second-order valence-electron chi connectivity index (χ2n) is 7.54. The first-order valence-corrected chi connectivity index (χ1v) is 12.8. The van der Waals surface area contributed by atoms with Crippen LogP contribution in [0.1, 0.15) is 37.9 Å². The van der Waals surface area contributed by atoms with Gasteiger partial charge >= 0.3 is 0 Å². The Morgan fingerprint density at radius 1 is 0.969 bits per heavy atom. The summed E-state index contributed by atoms with van der Waals surface area (Å²) in [5, 5.41) is 0. The minimum Gasteiger partial charge on any atom is -0.272 e. The lowest BCUT2D eigenvalue weighted by Gasteiger charge is -2.37. The van der Waals surface area contributed by atoms with Crippen LogP contribution in [0, 0.1) is 0 Å². The molecule has 0 radical (unpaired) electrons. The van der Waals surface area contributed by atoms with Crippen LogP contribution >= 0.6 is 34.5 Å². The largest absolute Gasteiger partial charge is 0.272 e. The molecule has 5 rings (SSSR count). The quantitative estimate of drug-likeness (QED) is 0.483. The van der Waals surface area contributed by atoms with Gasteiger partial charge < -0.3 is 0 Å². The minimum atomic E-state index is -4.03. The summed E-state index contributed by atoms with van der Waals surface area (Å²) in [7, 11) is -4.03. The number of nitrogens with zero attached hydrogens (tertiary/aromatic N) is 2. The summed E-state index contributed by atoms with van der Waals surface area (Å²) in [6, 6.07) is 14.7. The Morgan fingerprint density at radius 3 is 2.22 bits per heavy atom. The Morgan fingerprint density at radius 2 is 1.59 bits per heavy atom. The molecule has 3 aromatic rings. The average Bonchev–Trinajstić information content (AvgIpc) is 3.25. The number of carbonyl (C=O) groups is 2. The molecule has 2 amide bonds. The van der Waals surface area contributed by atoms with Crippen molar-refractivity contribution in [1.82, 2.24) is 9.21 Å². The molecule has 0 aliphatic carbocycles. The van der Waals surface area contributed by atoms with Gasteiger partial charge in [-0.05, 0) is 35.7 Å². The van der Waals surface area contributed by atoms with Crippen LogP contribution in [0.5, 0.6) is 0 Å². The van der Waals surface area contributed by atoms with Crippen LogP contribution < -0.4 is 0 Å². The fraction of sp³-hybridized carbons (Fsp3) is 0.182. The van der Waals surface area contributed by atoms with E-state index in [1.165, 1.54) is 10.4 Å². The van der Waals surface area contributed by atoms with Crippen molar-refractivity contribution >= 4 is 56.4 Å². The summed E-state index contributed by atoms with van der Waals surface area (Å²) in [6.45, 7) is 0.0923. The summed E-state index contributed by atoms with van der Waals surface area (Å²) >= 11 is 13.2. The van der Waals surface area contributed by atoms with E-state index in [1.807, 2.05) is 24.3 Å². The highest BCUT2D eigenvalue weighted by molar-refractivity contribution is 7.89. The van der Waals surface area contributed by atoms with Gasteiger partial charge in [-0.25, -0.2) is 8.42 Å². The van der Waals surface area contributed by atoms with E-state index in [0.29, 0.717) is 17.5 Å². The third kappa shape index (κ3) is 3.38. The number of hydrogen-bond acceptors (Lipinski definition) is 5. The van der Waals surface area contributed by atoms with Crippen LogP contribution in [0.15, 0.2) is 59.5 Å². The molecule has 1 aromatic heterocycles. The predicted octanol–water partition coefficient (Wildman–Crippen LogP) is 4.64. The maximum absolute atomic E-state index is 13.6. The Bertz CT molecular complexity index is 1330. The van der Waals surface area contributed by atoms with Crippen LogP contribution in [0.2, 0.25) is 8.67 Å². The van der Waals surface area contributed by atoms with E-state index < -0.39 is 27.9 Å². The molecule has 0 N–H and O–H groups in total. The van der Waals surface area contributed by atoms with E-state index in [2.05, 4.69) is 0 Å². The lowest BCUT2D eigenvalue weighted by Crippen LogP contribution is -2.46. The van der Waals surface area contributed by atoms with Crippen LogP contribution in [0.3, 0.4) is 0 Å². The summed E-state index contributed by atoms with van der Waals surface area (Å²) < 4.78 is 28.9. The highest BCUT2D eigenvalue weighted by atomic mass is 35.5. The lowest BCUT2D eigenvalue weighted by atomic mass is 9.94. The molecule has 1 atom stereocenters. The molecule has 164 valence electrons. The maximum atomic E-state index is 13.6. The van der Waals surface area contributed by atoms with Gasteiger partial charge in [0.15, 0.2) is 0 Å². The zero-order chi connectivity index (χ0) is 22.6. The number of imide groups is 1. The highest BCUT2D eigenvalue weighted by Gasteiger charge is 2.43. The van der Waals surface area contributed by atoms with Crippen molar-refractivity contribution < 1.29 is 18.0 Å². The third-order valence-corrected chi connectivity index (χ3v) is 9.47. The van der Waals surface area contributed by atoms with E-state index in [1.54, 1.807) is 24.3 Å². The zero-order valence-corrected chi connectivity index (χ0v) is 19.6. The Hall–Kier alpha value is -2.23. The van der Waals surface area contributed by atoms with Crippen LogP contribution in [-0.2, 0) is 16.4 Å². The van der Waals surface area contributed by atoms with Gasteiger partial charge in [-0.1, -0.05) is 59.6 Å². The third-order valence-electron chi connectivity index (χ3n) is 5.81. The lowest BCUT2D eigenvalue weighted by molar-refractivity contribution is 0.0616. The maximum Gasteiger partial charge on any atom is 0.261 e. The number of carbonyl (C=O) groups excluding carboxylic acids is 2. The number of sulfonamides is 1. The summed E-state index contributed by atoms with van der Waals surface area (Å²) in [6.07, 6.45) is 0.503. The molecule has 0 spiro atoms. The Labute approximate surface area is 199 Å². The number of benzene rings is 2. The van der Waals surface area contributed by atoms with E-state index >= 15 is 0 Å². The van der Waals surface area contributed by atoms with Gasteiger partial charge in [0.05, 0.1) is 28.0 Å². The first-order chi connectivity index (χ1) is 15.3. The number of halogens is 2. The molecule has 10 heteroatoms. The van der Waals surface area contributed by atoms with Gasteiger partial charge in [-0.3, -0.25) is 14.5 Å². The van der Waals surface area contributed by atoms with Crippen molar-refractivity contribution in [2.24, 2.45) is 0 Å². The normalized spacial score (nSPS) is 18.7. The van der Waals surface area contributed by atoms with Gasteiger partial charge in [-0.2, -0.15) is 4.31 Å². The molecule has 32 heavy (non-hydrogen) atoms. The molecular weight excluding hydrogens is 491 g/mol. The molecule has 2 aliphatic heterocycles. The average molecular weight is 507 g/mol. The van der Waals surface area contributed by atoms with Crippen molar-refractivity contribution in [2.75, 3.05) is 13.1 Å². The molecule has 3 heterocycles. The first-order valence-electron chi connectivity index (χ1n) is 9.78. The number of amides is 2. The van der Waals surface area contributed by atoms with Crippen molar-refractivity contribution in [1.29, 1.82) is 0 Å². The molecular formula is C22H16Cl2N2O4S2. The first kappa shape index (κ1) is 21.6. The molecule has 2 aliphatic rings. The second-order valence-corrected chi connectivity index (χ2v) is 11.7. The summed E-state index contributed by atoms with van der Waals surface area (Å²) in [5.74, 6) is -0.856. The van der Waals surface area contributed by atoms with Gasteiger partial charge in [0.1, 0.15) is 9.23 Å². The van der Waals surface area contributed by atoms with E-state index in [-0.39, 0.29) is 26.7 Å². The molecule has 0 bridgehead atoms. The summed E-state index contributed by atoms with van der Waals surface area (Å²) in [4.78, 5) is 27.0. The number of fused-ring (bicyclic) bond motifs is 2. The smallest absolute Gasteiger partial charge is 0.261 e. The zero-order valence-electron chi connectivity index (χ0n) is 16.5. The molecule has 0 saturated heterocycles. The monoisotopic (exact) mass is 506 g/mol. The van der Waals surface area contributed by atoms with E-state index in [9.17, 15) is 18.0 Å². The minimum absolute atomic E-state index is 0.0686. The number of thiophene rings is 1. The number of rotatable bonds is 4. The molecule has 0 unspecified atom stereocenters. The topological polar surface area (TPSA) is 74.8 Å². The SMILES string of the molecule is O=C1c2ccccc2C(=O)N1C[C@H]1c2ccccc2CCN1S(=O)(=O)c1cc(Cl)sc1Cl. The van der Waals surface area contributed by atoms with E-state index in [4.69, 9.17) is 23.2 Å². The van der Waals surface area contributed by atoms with Crippen LogP contribution in [0.4, 0.5) is 0 Å². The van der Waals surface area contributed by atoms with Crippen molar-refractivity contribution in [3.05, 3.63) is 85.5 Å². The number of hydrogen-bond donors (Lipinski definition) is 0. The van der Waals surface area contributed by atoms with Crippen molar-refractivity contribution in [3.63, 3.8) is 0 Å². The molecule has 2 aromatic carbocycles. The second kappa shape index (κ2) is 7.97. The molecule has 0 fully saturated rings. The fourth-order valence-corrected chi connectivity index (χ4v) is 8.02. The molecule has 0 saturated carbocycles. The van der Waals surface area contributed by atoms with Crippen molar-refractivity contribution in [2.45, 2.75) is 17.4 Å². The van der Waals surface area contributed by atoms with Crippen LogP contribution in [0.25, 0.3) is 0 Å². The van der Waals surface area contributed by atoms with Gasteiger partial charge in [0, 0.05) is 6.54 Å².